The van der Waals surface area contributed by atoms with Gasteiger partial charge in [-0.15, -0.1) is 0 Å². The molecular weight excluding hydrogens is 244 g/mol. The fraction of sp³-hybridized carbons (Fsp3) is 0.278. The molecule has 0 heterocycles. The van der Waals surface area contributed by atoms with E-state index in [9.17, 15) is 0 Å². The van der Waals surface area contributed by atoms with Crippen molar-refractivity contribution in [2.45, 2.75) is 25.8 Å². The molecule has 0 aliphatic carbocycles. The van der Waals surface area contributed by atoms with Crippen LogP contribution in [-0.2, 0) is 6.42 Å². The minimum absolute atomic E-state index is 0.323. The molecule has 1 N–H and O–H groups in total. The van der Waals surface area contributed by atoms with E-state index < -0.39 is 0 Å². The molecule has 0 bridgehead atoms. The Kier molecular flexibility index (Phi) is 5.34. The van der Waals surface area contributed by atoms with Crippen molar-refractivity contribution in [2.75, 3.05) is 6.54 Å². The number of nitrogens with zero attached hydrogens (tertiary/aromatic N) is 1. The van der Waals surface area contributed by atoms with Crippen LogP contribution in [0, 0.1) is 11.3 Å². The molecule has 1 atom stereocenters. The van der Waals surface area contributed by atoms with E-state index in [1.54, 1.807) is 0 Å². The average molecular weight is 264 g/mol. The van der Waals surface area contributed by atoms with Gasteiger partial charge in [0.2, 0.25) is 0 Å². The van der Waals surface area contributed by atoms with Crippen molar-refractivity contribution in [2.24, 2.45) is 0 Å². The number of hydrogen-bond donors (Lipinski definition) is 1. The van der Waals surface area contributed by atoms with Crippen molar-refractivity contribution >= 4 is 0 Å². The van der Waals surface area contributed by atoms with Crippen LogP contribution in [0.25, 0.3) is 0 Å². The minimum atomic E-state index is 0.323. The van der Waals surface area contributed by atoms with E-state index in [-0.39, 0.29) is 0 Å². The smallest absolute Gasteiger partial charge is 0.0991 e. The lowest BCUT2D eigenvalue weighted by molar-refractivity contribution is 0.529. The number of rotatable bonds is 6. The number of nitrogens with one attached hydrogen (secondary N) is 1. The van der Waals surface area contributed by atoms with Gasteiger partial charge in [0.05, 0.1) is 11.6 Å². The Bertz CT molecular complexity index is 552. The molecule has 2 rings (SSSR count). The Morgan fingerprint density at radius 3 is 2.35 bits per heavy atom. The SMILES string of the molecule is CCCNC(Cc1ccc(C#N)cc1)c1ccccc1. The summed E-state index contributed by atoms with van der Waals surface area (Å²) in [6.45, 7) is 3.19. The summed E-state index contributed by atoms with van der Waals surface area (Å²) in [5.41, 5.74) is 3.28. The van der Waals surface area contributed by atoms with Gasteiger partial charge in [0.25, 0.3) is 0 Å². The van der Waals surface area contributed by atoms with Crippen LogP contribution in [0.3, 0.4) is 0 Å². The van der Waals surface area contributed by atoms with E-state index >= 15 is 0 Å². The van der Waals surface area contributed by atoms with Crippen molar-refractivity contribution in [1.29, 1.82) is 5.26 Å². The van der Waals surface area contributed by atoms with Crippen molar-refractivity contribution in [3.63, 3.8) is 0 Å². The first-order valence-corrected chi connectivity index (χ1v) is 7.11. The molecular formula is C18H20N2. The first kappa shape index (κ1) is 14.3. The molecule has 102 valence electrons. The molecule has 0 amide bonds. The van der Waals surface area contributed by atoms with E-state index in [1.165, 1.54) is 11.1 Å². The molecule has 2 aromatic carbocycles. The summed E-state index contributed by atoms with van der Waals surface area (Å²) in [4.78, 5) is 0. The van der Waals surface area contributed by atoms with Gasteiger partial charge in [0.1, 0.15) is 0 Å². The second-order valence-electron chi connectivity index (χ2n) is 4.93. The van der Waals surface area contributed by atoms with Gasteiger partial charge in [-0.25, -0.2) is 0 Å². The quantitative estimate of drug-likeness (QED) is 0.860. The van der Waals surface area contributed by atoms with E-state index in [0.717, 1.165) is 19.4 Å². The van der Waals surface area contributed by atoms with Gasteiger partial charge in [-0.1, -0.05) is 49.4 Å². The highest BCUT2D eigenvalue weighted by atomic mass is 14.9. The van der Waals surface area contributed by atoms with Gasteiger partial charge < -0.3 is 5.32 Å². The average Bonchev–Trinajstić information content (AvgIpc) is 2.53. The first-order valence-electron chi connectivity index (χ1n) is 7.11. The second-order valence-corrected chi connectivity index (χ2v) is 4.93. The molecule has 0 spiro atoms. The zero-order chi connectivity index (χ0) is 14.2. The predicted molar refractivity (Wildman–Crippen MR) is 82.3 cm³/mol. The third kappa shape index (κ3) is 3.94. The van der Waals surface area contributed by atoms with Crippen LogP contribution < -0.4 is 5.32 Å². The van der Waals surface area contributed by atoms with Crippen LogP contribution in [-0.4, -0.2) is 6.54 Å². The van der Waals surface area contributed by atoms with E-state index in [1.807, 2.05) is 30.3 Å². The van der Waals surface area contributed by atoms with E-state index in [2.05, 4.69) is 42.6 Å². The predicted octanol–water partition coefficient (Wildman–Crippen LogP) is 3.84. The van der Waals surface area contributed by atoms with Crippen molar-refractivity contribution in [3.05, 3.63) is 71.3 Å². The second kappa shape index (κ2) is 7.47. The third-order valence-electron chi connectivity index (χ3n) is 3.37. The molecule has 2 nitrogen and oxygen atoms in total. The molecule has 1 unspecified atom stereocenters. The lowest BCUT2D eigenvalue weighted by Crippen LogP contribution is -2.24. The van der Waals surface area contributed by atoms with E-state index in [0.29, 0.717) is 11.6 Å². The fourth-order valence-electron chi connectivity index (χ4n) is 2.26. The van der Waals surface area contributed by atoms with Gasteiger partial charge in [0.15, 0.2) is 0 Å². The summed E-state index contributed by atoms with van der Waals surface area (Å²) in [5.74, 6) is 0. The zero-order valence-corrected chi connectivity index (χ0v) is 11.8. The fourth-order valence-corrected chi connectivity index (χ4v) is 2.26. The Balaban J connectivity index is 2.13. The lowest BCUT2D eigenvalue weighted by atomic mass is 9.98. The maximum Gasteiger partial charge on any atom is 0.0991 e. The highest BCUT2D eigenvalue weighted by Crippen LogP contribution is 2.18. The number of benzene rings is 2. The molecule has 2 heteroatoms. The summed E-state index contributed by atoms with van der Waals surface area (Å²) in [6, 6.07) is 20.9. The molecule has 0 fully saturated rings. The first-order chi connectivity index (χ1) is 9.83. The summed E-state index contributed by atoms with van der Waals surface area (Å²) in [6.07, 6.45) is 2.06. The number of nitriles is 1. The van der Waals surface area contributed by atoms with Gasteiger partial charge in [-0.2, -0.15) is 5.26 Å². The summed E-state index contributed by atoms with van der Waals surface area (Å²) >= 11 is 0. The Hall–Kier alpha value is -2.11. The Morgan fingerprint density at radius 2 is 1.75 bits per heavy atom. The standard InChI is InChI=1S/C18H20N2/c1-2-12-20-18(17-6-4-3-5-7-17)13-15-8-10-16(14-19)11-9-15/h3-11,18,20H,2,12-13H2,1H3. The molecule has 0 aliphatic heterocycles. The van der Waals surface area contributed by atoms with Crippen molar-refractivity contribution in [1.82, 2.24) is 5.32 Å². The van der Waals surface area contributed by atoms with Crippen LogP contribution in [0.1, 0.15) is 36.1 Å². The molecule has 0 aliphatic rings. The van der Waals surface area contributed by atoms with Gasteiger partial charge in [-0.05, 0) is 42.6 Å². The maximum atomic E-state index is 8.84. The van der Waals surface area contributed by atoms with E-state index in [4.69, 9.17) is 5.26 Å². The maximum absolute atomic E-state index is 8.84. The molecule has 0 aromatic heterocycles. The molecule has 2 aromatic rings. The lowest BCUT2D eigenvalue weighted by Gasteiger charge is -2.19. The van der Waals surface area contributed by atoms with Crippen molar-refractivity contribution in [3.8, 4) is 6.07 Å². The van der Waals surface area contributed by atoms with Gasteiger partial charge in [-0.3, -0.25) is 0 Å². The molecule has 20 heavy (non-hydrogen) atoms. The number of hydrogen-bond acceptors (Lipinski definition) is 2. The third-order valence-corrected chi connectivity index (χ3v) is 3.37. The zero-order valence-electron chi connectivity index (χ0n) is 11.8. The summed E-state index contributed by atoms with van der Waals surface area (Å²) < 4.78 is 0. The monoisotopic (exact) mass is 264 g/mol. The van der Waals surface area contributed by atoms with Crippen LogP contribution >= 0.6 is 0 Å². The van der Waals surface area contributed by atoms with Crippen LogP contribution in [0.4, 0.5) is 0 Å². The van der Waals surface area contributed by atoms with Crippen molar-refractivity contribution < 1.29 is 0 Å². The van der Waals surface area contributed by atoms with Crippen LogP contribution in [0.2, 0.25) is 0 Å². The normalized spacial score (nSPS) is 11.8. The van der Waals surface area contributed by atoms with Crippen LogP contribution in [0.15, 0.2) is 54.6 Å². The minimum Gasteiger partial charge on any atom is -0.310 e. The largest absolute Gasteiger partial charge is 0.310 e. The highest BCUT2D eigenvalue weighted by molar-refractivity contribution is 5.32. The van der Waals surface area contributed by atoms with Crippen LogP contribution in [0.5, 0.6) is 0 Å². The highest BCUT2D eigenvalue weighted by Gasteiger charge is 2.11. The van der Waals surface area contributed by atoms with Gasteiger partial charge >= 0.3 is 0 Å². The topological polar surface area (TPSA) is 35.8 Å². The summed E-state index contributed by atoms with van der Waals surface area (Å²) in [5, 5.41) is 12.4. The molecule has 0 radical (unpaired) electrons. The molecule has 0 saturated heterocycles. The summed E-state index contributed by atoms with van der Waals surface area (Å²) in [7, 11) is 0. The Labute approximate surface area is 121 Å². The van der Waals surface area contributed by atoms with Gasteiger partial charge in [0, 0.05) is 6.04 Å². The molecule has 0 saturated carbocycles. The Morgan fingerprint density at radius 1 is 1.05 bits per heavy atom.